The first kappa shape index (κ1) is 23.0. The van der Waals surface area contributed by atoms with E-state index < -0.39 is 11.6 Å². The Morgan fingerprint density at radius 1 is 1.19 bits per heavy atom. The van der Waals surface area contributed by atoms with E-state index in [-0.39, 0.29) is 24.2 Å². The summed E-state index contributed by atoms with van der Waals surface area (Å²) in [5.74, 6) is -0.00716. The maximum Gasteiger partial charge on any atom is 0.341 e. The number of nitrogens with one attached hydrogen (secondary N) is 1. The number of ether oxygens (including phenoxy) is 3. The van der Waals surface area contributed by atoms with Crippen molar-refractivity contribution in [2.45, 2.75) is 66.1 Å². The number of benzene rings is 1. The molecule has 1 N–H and O–H groups in total. The zero-order valence-corrected chi connectivity index (χ0v) is 17.5. The van der Waals surface area contributed by atoms with Gasteiger partial charge in [0.25, 0.3) is 5.91 Å². The molecule has 0 bridgehead atoms. The summed E-state index contributed by atoms with van der Waals surface area (Å²) < 4.78 is 16.4. The minimum Gasteiger partial charge on any atom is -0.490 e. The van der Waals surface area contributed by atoms with Crippen LogP contribution in [0.25, 0.3) is 0 Å². The Kier molecular flexibility index (Phi) is 8.76. The maximum absolute atomic E-state index is 12.7. The van der Waals surface area contributed by atoms with Gasteiger partial charge in [0.05, 0.1) is 12.7 Å². The lowest BCUT2D eigenvalue weighted by Crippen LogP contribution is -2.43. The minimum absolute atomic E-state index is 0.0403. The summed E-state index contributed by atoms with van der Waals surface area (Å²) in [7, 11) is 1.52. The van der Waals surface area contributed by atoms with Crippen LogP contribution >= 0.6 is 0 Å². The molecule has 1 aromatic carbocycles. The van der Waals surface area contributed by atoms with Gasteiger partial charge in [-0.2, -0.15) is 0 Å². The van der Waals surface area contributed by atoms with Gasteiger partial charge in [-0.25, -0.2) is 4.79 Å². The SMILES string of the molecule is CCOC(=O)c1cc(NC(=O)C(C)(CC(C)C)OC)ccc1OC(C)CC. The van der Waals surface area contributed by atoms with Gasteiger partial charge in [0, 0.05) is 12.8 Å². The fourth-order valence-corrected chi connectivity index (χ4v) is 2.69. The van der Waals surface area contributed by atoms with E-state index in [9.17, 15) is 9.59 Å². The summed E-state index contributed by atoms with van der Waals surface area (Å²) in [6.07, 6.45) is 1.35. The van der Waals surface area contributed by atoms with Crippen molar-refractivity contribution in [3.8, 4) is 5.75 Å². The largest absolute Gasteiger partial charge is 0.490 e. The molecule has 0 fully saturated rings. The summed E-state index contributed by atoms with van der Waals surface area (Å²) in [5.41, 5.74) is -0.172. The molecule has 0 heterocycles. The Morgan fingerprint density at radius 2 is 1.85 bits per heavy atom. The zero-order chi connectivity index (χ0) is 20.6. The molecule has 0 spiro atoms. The van der Waals surface area contributed by atoms with Gasteiger partial charge in [-0.1, -0.05) is 20.8 Å². The van der Waals surface area contributed by atoms with Crippen molar-refractivity contribution in [3.63, 3.8) is 0 Å². The summed E-state index contributed by atoms with van der Waals surface area (Å²) in [6.45, 7) is 11.8. The van der Waals surface area contributed by atoms with Crippen LogP contribution in [0.4, 0.5) is 5.69 Å². The molecule has 0 radical (unpaired) electrons. The van der Waals surface area contributed by atoms with E-state index in [1.54, 1.807) is 32.0 Å². The van der Waals surface area contributed by atoms with Gasteiger partial charge in [0.2, 0.25) is 0 Å². The molecule has 0 saturated heterocycles. The van der Waals surface area contributed by atoms with Crippen LogP contribution in [0.2, 0.25) is 0 Å². The number of rotatable bonds is 10. The van der Waals surface area contributed by atoms with E-state index in [1.807, 2.05) is 27.7 Å². The molecular weight excluding hydrogens is 346 g/mol. The molecule has 2 unspecified atom stereocenters. The number of amides is 1. The first-order valence-corrected chi connectivity index (χ1v) is 9.51. The lowest BCUT2D eigenvalue weighted by molar-refractivity contribution is -0.137. The van der Waals surface area contributed by atoms with Gasteiger partial charge < -0.3 is 19.5 Å². The van der Waals surface area contributed by atoms with Crippen molar-refractivity contribution < 1.29 is 23.8 Å². The van der Waals surface area contributed by atoms with Crippen molar-refractivity contribution in [1.82, 2.24) is 0 Å². The van der Waals surface area contributed by atoms with Crippen LogP contribution in [0, 0.1) is 5.92 Å². The van der Waals surface area contributed by atoms with Crippen molar-refractivity contribution in [2.24, 2.45) is 5.92 Å². The fourth-order valence-electron chi connectivity index (χ4n) is 2.69. The Hall–Kier alpha value is -2.08. The Bertz CT molecular complexity index is 643. The molecule has 0 aromatic heterocycles. The van der Waals surface area contributed by atoms with Gasteiger partial charge in [0.1, 0.15) is 16.9 Å². The predicted octanol–water partition coefficient (Wildman–Crippen LogP) is 4.43. The summed E-state index contributed by atoms with van der Waals surface area (Å²) in [4.78, 5) is 25.1. The van der Waals surface area contributed by atoms with E-state index in [0.717, 1.165) is 6.42 Å². The van der Waals surface area contributed by atoms with Crippen LogP contribution in [0.5, 0.6) is 5.75 Å². The van der Waals surface area contributed by atoms with Gasteiger partial charge in [-0.3, -0.25) is 4.79 Å². The third-order valence-corrected chi connectivity index (χ3v) is 4.36. The molecule has 0 aliphatic carbocycles. The summed E-state index contributed by atoms with van der Waals surface area (Å²) in [5, 5.41) is 2.84. The molecule has 2 atom stereocenters. The summed E-state index contributed by atoms with van der Waals surface area (Å²) >= 11 is 0. The average molecular weight is 379 g/mol. The quantitative estimate of drug-likeness (QED) is 0.609. The lowest BCUT2D eigenvalue weighted by Gasteiger charge is -2.28. The Labute approximate surface area is 162 Å². The molecule has 152 valence electrons. The molecular formula is C21H33NO5. The number of methoxy groups -OCH3 is 1. The monoisotopic (exact) mass is 379 g/mol. The number of carbonyl (C=O) groups is 2. The number of hydrogen-bond donors (Lipinski definition) is 1. The van der Waals surface area contributed by atoms with E-state index in [0.29, 0.717) is 23.8 Å². The van der Waals surface area contributed by atoms with E-state index in [4.69, 9.17) is 14.2 Å². The average Bonchev–Trinajstić information content (AvgIpc) is 2.62. The highest BCUT2D eigenvalue weighted by molar-refractivity contribution is 5.99. The van der Waals surface area contributed by atoms with E-state index in [1.165, 1.54) is 7.11 Å². The molecule has 0 aliphatic rings. The van der Waals surface area contributed by atoms with E-state index >= 15 is 0 Å². The standard InChI is InChI=1S/C21H33NO5/c1-8-15(5)27-18-11-10-16(12-17(18)19(23)26-9-2)22-20(24)21(6,25-7)13-14(3)4/h10-12,14-15H,8-9,13H2,1-7H3,(H,22,24). The third kappa shape index (κ3) is 6.54. The number of hydrogen-bond acceptors (Lipinski definition) is 5. The Balaban J connectivity index is 3.13. The van der Waals surface area contributed by atoms with E-state index in [2.05, 4.69) is 5.32 Å². The van der Waals surface area contributed by atoms with Gasteiger partial charge in [-0.15, -0.1) is 0 Å². The van der Waals surface area contributed by atoms with Gasteiger partial charge in [0.15, 0.2) is 0 Å². The second-order valence-electron chi connectivity index (χ2n) is 7.26. The fraction of sp³-hybridized carbons (Fsp3) is 0.619. The second kappa shape index (κ2) is 10.3. The first-order valence-electron chi connectivity index (χ1n) is 9.51. The first-order chi connectivity index (χ1) is 12.7. The lowest BCUT2D eigenvalue weighted by atomic mass is 9.93. The van der Waals surface area contributed by atoms with Crippen LogP contribution in [0.1, 0.15) is 64.7 Å². The predicted molar refractivity (Wildman–Crippen MR) is 106 cm³/mol. The Morgan fingerprint density at radius 3 is 2.37 bits per heavy atom. The van der Waals surface area contributed by atoms with Crippen LogP contribution in [0.3, 0.4) is 0 Å². The van der Waals surface area contributed by atoms with Crippen molar-refractivity contribution in [3.05, 3.63) is 23.8 Å². The van der Waals surface area contributed by atoms with Crippen LogP contribution in [-0.2, 0) is 14.3 Å². The summed E-state index contributed by atoms with van der Waals surface area (Å²) in [6, 6.07) is 4.98. The molecule has 1 rings (SSSR count). The molecule has 1 aromatic rings. The number of carbonyl (C=O) groups excluding carboxylic acids is 2. The topological polar surface area (TPSA) is 73.9 Å². The van der Waals surface area contributed by atoms with Gasteiger partial charge in [-0.05, 0) is 57.7 Å². The second-order valence-corrected chi connectivity index (χ2v) is 7.26. The third-order valence-electron chi connectivity index (χ3n) is 4.36. The van der Waals surface area contributed by atoms with Crippen LogP contribution in [-0.4, -0.2) is 37.3 Å². The van der Waals surface area contributed by atoms with Crippen molar-refractivity contribution in [2.75, 3.05) is 19.0 Å². The normalized spacial score (nSPS) is 14.4. The van der Waals surface area contributed by atoms with Gasteiger partial charge >= 0.3 is 5.97 Å². The zero-order valence-electron chi connectivity index (χ0n) is 17.5. The van der Waals surface area contributed by atoms with Crippen molar-refractivity contribution in [1.29, 1.82) is 0 Å². The molecule has 6 heteroatoms. The van der Waals surface area contributed by atoms with Crippen LogP contribution in [0.15, 0.2) is 18.2 Å². The van der Waals surface area contributed by atoms with Crippen LogP contribution < -0.4 is 10.1 Å². The maximum atomic E-state index is 12.7. The molecule has 0 saturated carbocycles. The highest BCUT2D eigenvalue weighted by Crippen LogP contribution is 2.27. The number of esters is 1. The number of anilines is 1. The highest BCUT2D eigenvalue weighted by atomic mass is 16.5. The highest BCUT2D eigenvalue weighted by Gasteiger charge is 2.34. The minimum atomic E-state index is -0.954. The molecule has 0 aliphatic heterocycles. The molecule has 1 amide bonds. The van der Waals surface area contributed by atoms with Crippen molar-refractivity contribution >= 4 is 17.6 Å². The molecule has 27 heavy (non-hydrogen) atoms. The molecule has 6 nitrogen and oxygen atoms in total. The smallest absolute Gasteiger partial charge is 0.341 e.